The highest BCUT2D eigenvalue weighted by Gasteiger charge is 2.38. The molecule has 0 saturated carbocycles. The lowest BCUT2D eigenvalue weighted by molar-refractivity contribution is -0.127. The highest BCUT2D eigenvalue weighted by atomic mass is 32.2. The number of amides is 2. The van der Waals surface area contributed by atoms with Crippen LogP contribution in [0.25, 0.3) is 0 Å². The van der Waals surface area contributed by atoms with Crippen LogP contribution in [0, 0.1) is 0 Å². The van der Waals surface area contributed by atoms with Gasteiger partial charge in [-0.05, 0) is 57.0 Å². The first-order chi connectivity index (χ1) is 15.5. The van der Waals surface area contributed by atoms with Crippen molar-refractivity contribution in [3.05, 3.63) is 40.6 Å². The Morgan fingerprint density at radius 2 is 1.97 bits per heavy atom. The van der Waals surface area contributed by atoms with Crippen molar-refractivity contribution in [2.45, 2.75) is 31.4 Å². The molecule has 2 aliphatic rings. The van der Waals surface area contributed by atoms with Crippen LogP contribution in [0.15, 0.2) is 35.0 Å². The quantitative estimate of drug-likeness (QED) is 0.182. The van der Waals surface area contributed by atoms with E-state index in [1.54, 1.807) is 4.90 Å². The summed E-state index contributed by atoms with van der Waals surface area (Å²) in [7, 11) is 0. The minimum Gasteiger partial charge on any atom is -0.395 e. The van der Waals surface area contributed by atoms with Crippen LogP contribution in [0.1, 0.15) is 25.3 Å². The zero-order valence-electron chi connectivity index (χ0n) is 18.6. The van der Waals surface area contributed by atoms with Crippen LogP contribution in [0.4, 0.5) is 5.69 Å². The molecule has 2 amide bonds. The molecule has 9 nitrogen and oxygen atoms in total. The molecule has 2 heterocycles. The molecule has 1 aromatic carbocycles. The molecule has 176 valence electrons. The summed E-state index contributed by atoms with van der Waals surface area (Å²) in [5.41, 5.74) is 13.3. The summed E-state index contributed by atoms with van der Waals surface area (Å²) in [6.45, 7) is 6.35. The number of rotatable bonds is 11. The summed E-state index contributed by atoms with van der Waals surface area (Å²) in [5, 5.41) is 12.2. The number of nitrogens with one attached hydrogen (secondary N) is 3. The fourth-order valence-electron chi connectivity index (χ4n) is 3.82. The van der Waals surface area contributed by atoms with Gasteiger partial charge in [0.05, 0.1) is 6.61 Å². The predicted octanol–water partition coefficient (Wildman–Crippen LogP) is 0.442. The number of aliphatic hydroxyl groups excluding tert-OH is 1. The SMILES string of the molecule is CCN1C(=O)[C@@H](CNc2ccc(CCN3CCCC3)cc2)S/C1=C(/N)C(=O)NNCCO. The predicted molar refractivity (Wildman–Crippen MR) is 128 cm³/mol. The highest BCUT2D eigenvalue weighted by Crippen LogP contribution is 2.36. The summed E-state index contributed by atoms with van der Waals surface area (Å²) in [6.07, 6.45) is 3.67. The number of hydrogen-bond donors (Lipinski definition) is 5. The van der Waals surface area contributed by atoms with Gasteiger partial charge in [0.2, 0.25) is 5.91 Å². The zero-order chi connectivity index (χ0) is 22.9. The fourth-order valence-corrected chi connectivity index (χ4v) is 5.05. The fraction of sp³-hybridized carbons (Fsp3) is 0.545. The van der Waals surface area contributed by atoms with Crippen molar-refractivity contribution in [1.82, 2.24) is 20.7 Å². The lowest BCUT2D eigenvalue weighted by Crippen LogP contribution is -2.42. The number of carbonyl (C=O) groups is 2. The van der Waals surface area contributed by atoms with Crippen LogP contribution in [-0.2, 0) is 16.0 Å². The van der Waals surface area contributed by atoms with E-state index in [-0.39, 0.29) is 30.0 Å². The van der Waals surface area contributed by atoms with E-state index in [1.165, 1.54) is 43.3 Å². The molecular formula is C22H34N6O3S. The largest absolute Gasteiger partial charge is 0.395 e. The summed E-state index contributed by atoms with van der Waals surface area (Å²) >= 11 is 1.30. The first kappa shape index (κ1) is 24.4. The average Bonchev–Trinajstić information content (AvgIpc) is 3.44. The first-order valence-electron chi connectivity index (χ1n) is 11.2. The molecule has 3 rings (SSSR count). The van der Waals surface area contributed by atoms with Gasteiger partial charge < -0.3 is 26.0 Å². The van der Waals surface area contributed by atoms with Crippen molar-refractivity contribution in [2.75, 3.05) is 51.2 Å². The number of benzene rings is 1. The van der Waals surface area contributed by atoms with Crippen molar-refractivity contribution >= 4 is 29.3 Å². The number of carbonyl (C=O) groups excluding carboxylic acids is 2. The smallest absolute Gasteiger partial charge is 0.283 e. The van der Waals surface area contributed by atoms with E-state index in [0.29, 0.717) is 18.1 Å². The normalized spacial score (nSPS) is 20.6. The number of aliphatic hydroxyl groups is 1. The number of anilines is 1. The maximum absolute atomic E-state index is 12.8. The Hall–Kier alpha value is -2.27. The Morgan fingerprint density at radius 1 is 1.25 bits per heavy atom. The van der Waals surface area contributed by atoms with Crippen molar-refractivity contribution < 1.29 is 14.7 Å². The maximum atomic E-state index is 12.8. The molecule has 0 bridgehead atoms. The number of hydrogen-bond acceptors (Lipinski definition) is 8. The molecule has 32 heavy (non-hydrogen) atoms. The highest BCUT2D eigenvalue weighted by molar-refractivity contribution is 8.04. The Kier molecular flexibility index (Phi) is 9.22. The Labute approximate surface area is 193 Å². The van der Waals surface area contributed by atoms with Crippen LogP contribution in [0.3, 0.4) is 0 Å². The van der Waals surface area contributed by atoms with Gasteiger partial charge in [-0.3, -0.25) is 15.0 Å². The molecule has 2 saturated heterocycles. The van der Waals surface area contributed by atoms with E-state index in [9.17, 15) is 9.59 Å². The monoisotopic (exact) mass is 462 g/mol. The van der Waals surface area contributed by atoms with Gasteiger partial charge in [-0.25, -0.2) is 5.43 Å². The Balaban J connectivity index is 1.53. The first-order valence-corrected chi connectivity index (χ1v) is 12.1. The third-order valence-corrected chi connectivity index (χ3v) is 6.95. The van der Waals surface area contributed by atoms with E-state index in [0.717, 1.165) is 18.7 Å². The van der Waals surface area contributed by atoms with Crippen LogP contribution in [-0.4, -0.2) is 77.8 Å². The second kappa shape index (κ2) is 12.1. The summed E-state index contributed by atoms with van der Waals surface area (Å²) in [4.78, 5) is 29.1. The van der Waals surface area contributed by atoms with Gasteiger partial charge in [0.25, 0.3) is 5.91 Å². The van der Waals surface area contributed by atoms with Crippen LogP contribution >= 0.6 is 11.8 Å². The Bertz CT molecular complexity index is 810. The molecule has 6 N–H and O–H groups in total. The number of nitrogens with two attached hydrogens (primary N) is 1. The number of thioether (sulfide) groups is 1. The van der Waals surface area contributed by atoms with Crippen molar-refractivity contribution in [3.8, 4) is 0 Å². The molecule has 2 aliphatic heterocycles. The summed E-state index contributed by atoms with van der Waals surface area (Å²) in [5.74, 6) is -0.591. The molecule has 0 radical (unpaired) electrons. The van der Waals surface area contributed by atoms with E-state index >= 15 is 0 Å². The summed E-state index contributed by atoms with van der Waals surface area (Å²) < 4.78 is 0. The third-order valence-electron chi connectivity index (χ3n) is 5.63. The number of likely N-dealkylation sites (tertiary alicyclic amines) is 1. The van der Waals surface area contributed by atoms with Gasteiger partial charge in [0.15, 0.2) is 0 Å². The molecule has 1 aromatic rings. The van der Waals surface area contributed by atoms with Gasteiger partial charge in [-0.15, -0.1) is 0 Å². The minimum atomic E-state index is -0.523. The van der Waals surface area contributed by atoms with Crippen molar-refractivity contribution in [1.29, 1.82) is 0 Å². The molecule has 0 spiro atoms. The lowest BCUT2D eigenvalue weighted by Gasteiger charge is -2.16. The second-order valence-corrected chi connectivity index (χ2v) is 9.08. The Morgan fingerprint density at radius 3 is 2.62 bits per heavy atom. The second-order valence-electron chi connectivity index (χ2n) is 7.89. The van der Waals surface area contributed by atoms with E-state index in [1.807, 2.05) is 19.1 Å². The van der Waals surface area contributed by atoms with Gasteiger partial charge in [0.1, 0.15) is 16.0 Å². The van der Waals surface area contributed by atoms with Crippen LogP contribution < -0.4 is 21.9 Å². The molecule has 1 atom stereocenters. The van der Waals surface area contributed by atoms with Crippen molar-refractivity contribution in [3.63, 3.8) is 0 Å². The summed E-state index contributed by atoms with van der Waals surface area (Å²) in [6, 6.07) is 8.36. The van der Waals surface area contributed by atoms with E-state index < -0.39 is 5.91 Å². The molecule has 10 heteroatoms. The molecule has 0 aliphatic carbocycles. The van der Waals surface area contributed by atoms with Gasteiger partial charge in [0, 0.05) is 31.9 Å². The van der Waals surface area contributed by atoms with Crippen molar-refractivity contribution in [2.24, 2.45) is 5.73 Å². The minimum absolute atomic E-state index is 0.0134. The zero-order valence-corrected chi connectivity index (χ0v) is 19.4. The van der Waals surface area contributed by atoms with Gasteiger partial charge in [-0.1, -0.05) is 23.9 Å². The molecule has 0 unspecified atom stereocenters. The van der Waals surface area contributed by atoms with E-state index in [2.05, 4.69) is 33.2 Å². The van der Waals surface area contributed by atoms with E-state index in [4.69, 9.17) is 10.8 Å². The standard InChI is InChI=1S/C22H34N6O3S/c1-2-28-21(31)18(32-22(28)19(23)20(30)26-25-10-14-29)15-24-17-7-5-16(6-8-17)9-13-27-11-3-4-12-27/h5-8,18,24-25,29H,2-4,9-15,23H2,1H3,(H,26,30)/b22-19+/t18-/m1/s1. The molecule has 2 fully saturated rings. The van der Waals surface area contributed by atoms with Gasteiger partial charge in [-0.2, -0.15) is 0 Å². The third kappa shape index (κ3) is 6.38. The van der Waals surface area contributed by atoms with Gasteiger partial charge >= 0.3 is 0 Å². The molecule has 0 aromatic heterocycles. The maximum Gasteiger partial charge on any atom is 0.283 e. The average molecular weight is 463 g/mol. The molecular weight excluding hydrogens is 428 g/mol. The number of nitrogens with zero attached hydrogens (tertiary/aromatic N) is 2. The van der Waals surface area contributed by atoms with Crippen LogP contribution in [0.2, 0.25) is 0 Å². The topological polar surface area (TPSA) is 123 Å². The number of hydrazine groups is 1. The van der Waals surface area contributed by atoms with Crippen LogP contribution in [0.5, 0.6) is 0 Å². The lowest BCUT2D eigenvalue weighted by atomic mass is 10.1.